The van der Waals surface area contributed by atoms with Gasteiger partial charge in [-0.2, -0.15) is 5.10 Å². The minimum absolute atomic E-state index is 0.295. The average molecular weight is 355 g/mol. The van der Waals surface area contributed by atoms with E-state index in [1.165, 1.54) is 13.3 Å². The topological polar surface area (TPSA) is 89.0 Å². The maximum Gasteiger partial charge on any atom is 0.329 e. The van der Waals surface area contributed by atoms with Crippen LogP contribution in [0.5, 0.6) is 11.5 Å². The van der Waals surface area contributed by atoms with Gasteiger partial charge < -0.3 is 14.8 Å². The van der Waals surface area contributed by atoms with Gasteiger partial charge in [-0.05, 0) is 30.7 Å². The molecule has 0 bridgehead atoms. The zero-order valence-corrected chi connectivity index (χ0v) is 14.9. The first-order valence-corrected chi connectivity index (χ1v) is 7.96. The van der Waals surface area contributed by atoms with Crippen molar-refractivity contribution in [1.29, 1.82) is 0 Å². The summed E-state index contributed by atoms with van der Waals surface area (Å²) in [5.41, 5.74) is 3.70. The molecule has 2 N–H and O–H groups in total. The van der Waals surface area contributed by atoms with Crippen molar-refractivity contribution in [3.05, 3.63) is 59.7 Å². The molecule has 7 nitrogen and oxygen atoms in total. The van der Waals surface area contributed by atoms with Crippen LogP contribution >= 0.6 is 0 Å². The molecule has 0 saturated carbocycles. The minimum Gasteiger partial charge on any atom is -0.497 e. The summed E-state index contributed by atoms with van der Waals surface area (Å²) in [6, 6.07) is 14.2. The van der Waals surface area contributed by atoms with Crippen molar-refractivity contribution >= 4 is 18.0 Å². The number of rotatable bonds is 6. The van der Waals surface area contributed by atoms with Crippen LogP contribution in [0.2, 0.25) is 0 Å². The quantitative estimate of drug-likeness (QED) is 0.471. The Morgan fingerprint density at radius 2 is 1.77 bits per heavy atom. The molecule has 0 heterocycles. The number of hydrogen-bond acceptors (Lipinski definition) is 5. The molecule has 0 unspecified atom stereocenters. The van der Waals surface area contributed by atoms with Crippen LogP contribution in [0, 0.1) is 0 Å². The highest BCUT2D eigenvalue weighted by molar-refractivity contribution is 6.35. The second-order valence-electron chi connectivity index (χ2n) is 5.41. The fourth-order valence-electron chi connectivity index (χ4n) is 2.24. The number of carbonyl (C=O) groups is 2. The molecule has 0 aromatic heterocycles. The second-order valence-corrected chi connectivity index (χ2v) is 5.41. The molecule has 0 spiro atoms. The third kappa shape index (κ3) is 5.07. The van der Waals surface area contributed by atoms with Crippen molar-refractivity contribution in [1.82, 2.24) is 10.7 Å². The second kappa shape index (κ2) is 9.22. The number of carbonyl (C=O) groups excluding carboxylic acids is 2. The Morgan fingerprint density at radius 1 is 1.04 bits per heavy atom. The number of hydrazone groups is 1. The number of hydrogen-bond donors (Lipinski definition) is 2. The van der Waals surface area contributed by atoms with E-state index in [0.29, 0.717) is 17.1 Å². The molecule has 0 aliphatic rings. The van der Waals surface area contributed by atoms with E-state index >= 15 is 0 Å². The van der Waals surface area contributed by atoms with Gasteiger partial charge in [-0.1, -0.05) is 30.3 Å². The van der Waals surface area contributed by atoms with Crippen LogP contribution in [0.4, 0.5) is 0 Å². The zero-order chi connectivity index (χ0) is 18.9. The molecule has 0 radical (unpaired) electrons. The van der Waals surface area contributed by atoms with Crippen LogP contribution in [0.1, 0.15) is 24.1 Å². The highest BCUT2D eigenvalue weighted by Gasteiger charge is 2.16. The Balaban J connectivity index is 1.95. The van der Waals surface area contributed by atoms with Gasteiger partial charge in [0.1, 0.15) is 11.5 Å². The predicted octanol–water partition coefficient (Wildman–Crippen LogP) is 2.03. The van der Waals surface area contributed by atoms with E-state index in [-0.39, 0.29) is 6.04 Å². The molecule has 7 heteroatoms. The average Bonchev–Trinajstić information content (AvgIpc) is 2.68. The first kappa shape index (κ1) is 19.0. The fraction of sp³-hybridized carbons (Fsp3) is 0.211. The molecule has 0 saturated heterocycles. The van der Waals surface area contributed by atoms with E-state index in [2.05, 4.69) is 15.8 Å². The lowest BCUT2D eigenvalue weighted by atomic mass is 10.1. The summed E-state index contributed by atoms with van der Waals surface area (Å²) < 4.78 is 10.3. The summed E-state index contributed by atoms with van der Waals surface area (Å²) in [5, 5.41) is 6.42. The SMILES string of the molecule is COc1ccc(OC)c(/C=N/NC(=O)C(=O)N[C@H](C)c2ccccc2)c1. The molecular formula is C19H21N3O4. The van der Waals surface area contributed by atoms with Gasteiger partial charge in [-0.15, -0.1) is 0 Å². The lowest BCUT2D eigenvalue weighted by Crippen LogP contribution is -2.39. The van der Waals surface area contributed by atoms with Crippen LogP contribution in [0.25, 0.3) is 0 Å². The van der Waals surface area contributed by atoms with Crippen LogP contribution in [0.3, 0.4) is 0 Å². The molecular weight excluding hydrogens is 334 g/mol. The summed E-state index contributed by atoms with van der Waals surface area (Å²) in [5.74, 6) is -0.444. The van der Waals surface area contributed by atoms with E-state index < -0.39 is 11.8 Å². The number of nitrogens with zero attached hydrogens (tertiary/aromatic N) is 1. The minimum atomic E-state index is -0.856. The van der Waals surface area contributed by atoms with Crippen LogP contribution in [-0.2, 0) is 9.59 Å². The van der Waals surface area contributed by atoms with Gasteiger partial charge in [-0.3, -0.25) is 9.59 Å². The Kier molecular flexibility index (Phi) is 6.73. The highest BCUT2D eigenvalue weighted by Crippen LogP contribution is 2.22. The Hall–Kier alpha value is -3.35. The molecule has 0 aliphatic carbocycles. The van der Waals surface area contributed by atoms with Crippen molar-refractivity contribution in [2.24, 2.45) is 5.10 Å². The third-order valence-electron chi connectivity index (χ3n) is 3.66. The molecule has 2 amide bonds. The van der Waals surface area contributed by atoms with Crippen molar-refractivity contribution < 1.29 is 19.1 Å². The van der Waals surface area contributed by atoms with Crippen LogP contribution < -0.4 is 20.2 Å². The summed E-state index contributed by atoms with van der Waals surface area (Å²) >= 11 is 0. The zero-order valence-electron chi connectivity index (χ0n) is 14.9. The van der Waals surface area contributed by atoms with E-state index in [9.17, 15) is 9.59 Å². The van der Waals surface area contributed by atoms with Crippen molar-refractivity contribution in [2.45, 2.75) is 13.0 Å². The Labute approximate surface area is 152 Å². The largest absolute Gasteiger partial charge is 0.497 e. The van der Waals surface area contributed by atoms with Crippen LogP contribution in [0.15, 0.2) is 53.6 Å². The smallest absolute Gasteiger partial charge is 0.329 e. The molecule has 2 aromatic rings. The lowest BCUT2D eigenvalue weighted by molar-refractivity contribution is -0.139. The first-order valence-electron chi connectivity index (χ1n) is 7.96. The van der Waals surface area contributed by atoms with E-state index in [0.717, 1.165) is 5.56 Å². The molecule has 26 heavy (non-hydrogen) atoms. The van der Waals surface area contributed by atoms with E-state index in [1.54, 1.807) is 32.2 Å². The maximum absolute atomic E-state index is 12.0. The van der Waals surface area contributed by atoms with Crippen LogP contribution in [-0.4, -0.2) is 32.2 Å². The normalized spacial score (nSPS) is 11.7. The molecule has 0 aliphatic heterocycles. The van der Waals surface area contributed by atoms with E-state index in [4.69, 9.17) is 9.47 Å². The first-order chi connectivity index (χ1) is 12.5. The Morgan fingerprint density at radius 3 is 2.42 bits per heavy atom. The van der Waals surface area contributed by atoms with Gasteiger partial charge in [0.25, 0.3) is 0 Å². The van der Waals surface area contributed by atoms with Gasteiger partial charge >= 0.3 is 11.8 Å². The molecule has 136 valence electrons. The number of nitrogens with one attached hydrogen (secondary N) is 2. The lowest BCUT2D eigenvalue weighted by Gasteiger charge is -2.13. The summed E-state index contributed by atoms with van der Waals surface area (Å²) in [7, 11) is 3.07. The number of ether oxygens (including phenoxy) is 2. The molecule has 1 atom stereocenters. The van der Waals surface area contributed by atoms with Crippen molar-refractivity contribution in [3.8, 4) is 11.5 Å². The number of methoxy groups -OCH3 is 2. The standard InChI is InChI=1S/C19H21N3O4/c1-13(14-7-5-4-6-8-14)21-18(23)19(24)22-20-12-15-11-16(25-2)9-10-17(15)26-3/h4-13H,1-3H3,(H,21,23)(H,22,24)/b20-12+/t13-/m1/s1. The van der Waals surface area contributed by atoms with Gasteiger partial charge in [0, 0.05) is 5.56 Å². The van der Waals surface area contributed by atoms with Crippen molar-refractivity contribution in [3.63, 3.8) is 0 Å². The maximum atomic E-state index is 12.0. The molecule has 2 rings (SSSR count). The number of benzene rings is 2. The van der Waals surface area contributed by atoms with Crippen molar-refractivity contribution in [2.75, 3.05) is 14.2 Å². The van der Waals surface area contributed by atoms with Gasteiger partial charge in [0.2, 0.25) is 0 Å². The van der Waals surface area contributed by atoms with Gasteiger partial charge in [0.05, 0.1) is 26.5 Å². The van der Waals surface area contributed by atoms with Gasteiger partial charge in [0.15, 0.2) is 0 Å². The Bertz CT molecular complexity index is 791. The summed E-state index contributed by atoms with van der Waals surface area (Å²) in [6.45, 7) is 1.80. The molecule has 0 fully saturated rings. The summed E-state index contributed by atoms with van der Waals surface area (Å²) in [6.07, 6.45) is 1.38. The monoisotopic (exact) mass is 355 g/mol. The highest BCUT2D eigenvalue weighted by atomic mass is 16.5. The third-order valence-corrected chi connectivity index (χ3v) is 3.66. The fourth-order valence-corrected chi connectivity index (χ4v) is 2.24. The van der Waals surface area contributed by atoms with Gasteiger partial charge in [-0.25, -0.2) is 5.43 Å². The van der Waals surface area contributed by atoms with E-state index in [1.807, 2.05) is 30.3 Å². The number of amides is 2. The predicted molar refractivity (Wildman–Crippen MR) is 98.3 cm³/mol. The summed E-state index contributed by atoms with van der Waals surface area (Å²) in [4.78, 5) is 23.8. The molecule has 2 aromatic carbocycles.